The van der Waals surface area contributed by atoms with Gasteiger partial charge in [-0.1, -0.05) is 25.1 Å². The number of hydrogen-bond acceptors (Lipinski definition) is 2. The molecule has 2 aromatic rings. The molecule has 1 saturated heterocycles. The molecule has 4 heteroatoms. The van der Waals surface area contributed by atoms with E-state index < -0.39 is 0 Å². The number of benzene rings is 1. The average molecular weight is 323 g/mol. The summed E-state index contributed by atoms with van der Waals surface area (Å²) in [6, 6.07) is 8.60. The molecule has 4 heterocycles. The predicted molar refractivity (Wildman–Crippen MR) is 92.6 cm³/mol. The van der Waals surface area contributed by atoms with Crippen molar-refractivity contribution in [3.8, 4) is 0 Å². The van der Waals surface area contributed by atoms with Crippen LogP contribution in [-0.4, -0.2) is 40.4 Å². The predicted octanol–water partition coefficient (Wildman–Crippen LogP) is 3.03. The Labute approximate surface area is 141 Å². The third-order valence-electron chi connectivity index (χ3n) is 6.43. The minimum absolute atomic E-state index is 0.0224. The van der Waals surface area contributed by atoms with Crippen molar-refractivity contribution in [3.63, 3.8) is 0 Å². The Morgan fingerprint density at radius 2 is 2.17 bits per heavy atom. The van der Waals surface area contributed by atoms with Crippen molar-refractivity contribution in [1.82, 2.24) is 4.98 Å². The lowest BCUT2D eigenvalue weighted by Gasteiger charge is -2.45. The zero-order valence-electron chi connectivity index (χ0n) is 14.1. The van der Waals surface area contributed by atoms with Crippen molar-refractivity contribution in [2.24, 2.45) is 5.41 Å². The van der Waals surface area contributed by atoms with Crippen LogP contribution < -0.4 is 0 Å². The first kappa shape index (κ1) is 14.3. The molecular formula is C20H23N2O2+. The van der Waals surface area contributed by atoms with Gasteiger partial charge in [-0.15, -0.1) is 0 Å². The van der Waals surface area contributed by atoms with Crippen LogP contribution in [0.1, 0.15) is 43.9 Å². The molecule has 0 amide bonds. The number of aromatic nitrogens is 1. The Bertz CT molecular complexity index is 879. The molecule has 2 atom stereocenters. The maximum Gasteiger partial charge on any atom is 0.306 e. The number of carbonyl (C=O) groups is 1. The van der Waals surface area contributed by atoms with E-state index in [1.807, 2.05) is 0 Å². The maximum absolute atomic E-state index is 11.9. The molecule has 1 aromatic carbocycles. The molecule has 0 saturated carbocycles. The summed E-state index contributed by atoms with van der Waals surface area (Å²) < 4.78 is 8.37. The van der Waals surface area contributed by atoms with Crippen molar-refractivity contribution in [2.75, 3.05) is 13.1 Å². The number of ether oxygens (including phenoxy) is 1. The van der Waals surface area contributed by atoms with E-state index in [1.54, 1.807) is 0 Å². The standard InChI is InChI=1S/C20H22N2O2/c1-2-20-10-7-17(23)24-16(20)9-12-22-11-8-14-13-5-3-4-6-15(13)21-18(14)19(20)22/h3-6,16H,2,7-12H2,1H3/p+1/t16-,20+/m0/s1. The highest BCUT2D eigenvalue weighted by molar-refractivity contribution is 6.07. The molecule has 4 nitrogen and oxygen atoms in total. The molecule has 124 valence electrons. The van der Waals surface area contributed by atoms with Gasteiger partial charge in [0.15, 0.2) is 0 Å². The summed E-state index contributed by atoms with van der Waals surface area (Å²) in [6.07, 6.45) is 4.55. The zero-order valence-corrected chi connectivity index (χ0v) is 14.1. The van der Waals surface area contributed by atoms with Crippen molar-refractivity contribution in [3.05, 3.63) is 35.5 Å². The Kier molecular flexibility index (Phi) is 2.94. The Hall–Kier alpha value is -2.10. The number of para-hydroxylation sites is 1. The fourth-order valence-electron chi connectivity index (χ4n) is 5.23. The van der Waals surface area contributed by atoms with Gasteiger partial charge in [-0.2, -0.15) is 0 Å². The Morgan fingerprint density at radius 3 is 3.04 bits per heavy atom. The van der Waals surface area contributed by atoms with Gasteiger partial charge in [0.2, 0.25) is 5.71 Å². The van der Waals surface area contributed by atoms with Gasteiger partial charge >= 0.3 is 5.97 Å². The largest absolute Gasteiger partial charge is 0.461 e. The number of aromatic amines is 1. The molecule has 1 N–H and O–H groups in total. The fourth-order valence-corrected chi connectivity index (χ4v) is 5.23. The average Bonchev–Trinajstić information content (AvgIpc) is 2.99. The molecule has 3 aliphatic heterocycles. The first-order valence-corrected chi connectivity index (χ1v) is 9.15. The highest BCUT2D eigenvalue weighted by atomic mass is 16.5. The van der Waals surface area contributed by atoms with E-state index in [4.69, 9.17) is 4.74 Å². The molecule has 0 aliphatic carbocycles. The summed E-state index contributed by atoms with van der Waals surface area (Å²) in [5.41, 5.74) is 5.35. The van der Waals surface area contributed by atoms with Gasteiger partial charge in [-0.05, 0) is 24.5 Å². The van der Waals surface area contributed by atoms with E-state index in [1.165, 1.54) is 27.9 Å². The van der Waals surface area contributed by atoms with Crippen LogP contribution in [-0.2, 0) is 16.0 Å². The zero-order chi connectivity index (χ0) is 16.3. The third-order valence-corrected chi connectivity index (χ3v) is 6.43. The normalized spacial score (nSPS) is 29.0. The van der Waals surface area contributed by atoms with Gasteiger partial charge in [0.1, 0.15) is 24.9 Å². The monoisotopic (exact) mass is 323 g/mol. The topological polar surface area (TPSA) is 45.1 Å². The summed E-state index contributed by atoms with van der Waals surface area (Å²) in [7, 11) is 0. The van der Waals surface area contributed by atoms with Gasteiger partial charge in [-0.25, -0.2) is 4.58 Å². The highest BCUT2D eigenvalue weighted by Crippen LogP contribution is 2.46. The second kappa shape index (κ2) is 4.95. The number of nitrogens with one attached hydrogen (secondary N) is 1. The van der Waals surface area contributed by atoms with E-state index >= 15 is 0 Å². The smallest absolute Gasteiger partial charge is 0.306 e. The lowest BCUT2D eigenvalue weighted by Crippen LogP contribution is -2.57. The summed E-state index contributed by atoms with van der Waals surface area (Å²) in [4.78, 5) is 15.6. The third kappa shape index (κ3) is 1.74. The van der Waals surface area contributed by atoms with Gasteiger partial charge in [-0.3, -0.25) is 4.79 Å². The van der Waals surface area contributed by atoms with Crippen LogP contribution >= 0.6 is 0 Å². The summed E-state index contributed by atoms with van der Waals surface area (Å²) >= 11 is 0. The van der Waals surface area contributed by atoms with Crippen LogP contribution in [0.5, 0.6) is 0 Å². The Morgan fingerprint density at radius 1 is 1.29 bits per heavy atom. The van der Waals surface area contributed by atoms with Crippen LogP contribution in [0.2, 0.25) is 0 Å². The molecular weight excluding hydrogens is 300 g/mol. The second-order valence-electron chi connectivity index (χ2n) is 7.39. The molecule has 3 aliphatic rings. The lowest BCUT2D eigenvalue weighted by atomic mass is 9.65. The summed E-state index contributed by atoms with van der Waals surface area (Å²) in [6.45, 7) is 4.32. The molecule has 24 heavy (non-hydrogen) atoms. The van der Waals surface area contributed by atoms with E-state index in [0.29, 0.717) is 6.42 Å². The van der Waals surface area contributed by atoms with Crippen molar-refractivity contribution in [1.29, 1.82) is 0 Å². The maximum atomic E-state index is 11.9. The minimum Gasteiger partial charge on any atom is -0.461 e. The molecule has 1 aromatic heterocycles. The molecule has 0 spiro atoms. The first-order valence-electron chi connectivity index (χ1n) is 9.15. The quantitative estimate of drug-likeness (QED) is 0.648. The van der Waals surface area contributed by atoms with Crippen LogP contribution in [0.3, 0.4) is 0 Å². The number of nitrogens with zero attached hydrogens (tertiary/aromatic N) is 1. The number of carbonyl (C=O) groups excluding carboxylic acids is 1. The fraction of sp³-hybridized carbons (Fsp3) is 0.500. The van der Waals surface area contributed by atoms with E-state index in [2.05, 4.69) is 40.7 Å². The summed E-state index contributed by atoms with van der Waals surface area (Å²) in [5.74, 6) is -0.0224. The highest BCUT2D eigenvalue weighted by Gasteiger charge is 2.56. The number of rotatable bonds is 1. The van der Waals surface area contributed by atoms with E-state index in [-0.39, 0.29) is 17.5 Å². The first-order chi connectivity index (χ1) is 11.7. The lowest BCUT2D eigenvalue weighted by molar-refractivity contribution is -0.541. The minimum atomic E-state index is -0.0256. The number of fused-ring (bicyclic) bond motifs is 6. The van der Waals surface area contributed by atoms with Gasteiger partial charge in [0.05, 0.1) is 5.41 Å². The van der Waals surface area contributed by atoms with Crippen LogP contribution in [0.15, 0.2) is 24.3 Å². The number of esters is 1. The SMILES string of the molecule is CC[C@@]12CCC(=O)O[C@H]1CC[N+]1=C2c2[nH]c3ccccc3c2CC1. The Balaban J connectivity index is 1.74. The van der Waals surface area contributed by atoms with Gasteiger partial charge in [0, 0.05) is 30.2 Å². The van der Waals surface area contributed by atoms with Crippen molar-refractivity contribution < 1.29 is 14.1 Å². The van der Waals surface area contributed by atoms with Crippen molar-refractivity contribution >= 4 is 22.6 Å². The number of H-pyrrole nitrogens is 1. The van der Waals surface area contributed by atoms with Gasteiger partial charge < -0.3 is 9.72 Å². The molecule has 0 bridgehead atoms. The van der Waals surface area contributed by atoms with Gasteiger partial charge in [0.25, 0.3) is 0 Å². The molecule has 1 fully saturated rings. The molecule has 0 unspecified atom stereocenters. The number of hydrogen-bond donors (Lipinski definition) is 1. The summed E-state index contributed by atoms with van der Waals surface area (Å²) in [5, 5.41) is 1.35. The molecule has 0 radical (unpaired) electrons. The molecule has 5 rings (SSSR count). The van der Waals surface area contributed by atoms with Crippen LogP contribution in [0, 0.1) is 5.41 Å². The van der Waals surface area contributed by atoms with Crippen molar-refractivity contribution in [2.45, 2.75) is 45.1 Å². The van der Waals surface area contributed by atoms with E-state index in [9.17, 15) is 4.79 Å². The van der Waals surface area contributed by atoms with Crippen LogP contribution in [0.4, 0.5) is 0 Å². The van der Waals surface area contributed by atoms with E-state index in [0.717, 1.165) is 38.8 Å². The van der Waals surface area contributed by atoms with Crippen LogP contribution in [0.25, 0.3) is 10.9 Å². The second-order valence-corrected chi connectivity index (χ2v) is 7.39.